The molecule has 0 spiro atoms. The van der Waals surface area contributed by atoms with Gasteiger partial charge in [0.05, 0.1) is 55.0 Å². The molecule has 0 unspecified atom stereocenters. The molecule has 2 aromatic heterocycles. The molecule has 2 heterocycles. The highest BCUT2D eigenvalue weighted by atomic mass is 32.2. The van der Waals surface area contributed by atoms with Crippen molar-refractivity contribution < 1.29 is 42.1 Å². The molecule has 0 radical (unpaired) electrons. The summed E-state index contributed by atoms with van der Waals surface area (Å²) in [6.07, 6.45) is 4.20. The van der Waals surface area contributed by atoms with Crippen molar-refractivity contribution in [3.05, 3.63) is 77.5 Å². The first-order chi connectivity index (χ1) is 21.3. The molecule has 0 amide bonds. The van der Waals surface area contributed by atoms with Crippen molar-refractivity contribution in [2.24, 2.45) is 0 Å². The molecule has 0 aliphatic carbocycles. The van der Waals surface area contributed by atoms with Gasteiger partial charge in [0.25, 0.3) is 0 Å². The Morgan fingerprint density at radius 1 is 1.07 bits per heavy atom. The third-order valence-electron chi connectivity index (χ3n) is 6.49. The van der Waals surface area contributed by atoms with Crippen molar-refractivity contribution in [3.63, 3.8) is 0 Å². The van der Waals surface area contributed by atoms with Crippen molar-refractivity contribution >= 4 is 34.0 Å². The van der Waals surface area contributed by atoms with Gasteiger partial charge in [-0.05, 0) is 42.3 Å². The minimum absolute atomic E-state index is 0.0248. The van der Waals surface area contributed by atoms with E-state index >= 15 is 0 Å². The molecule has 45 heavy (non-hydrogen) atoms. The lowest BCUT2D eigenvalue weighted by Gasteiger charge is -2.20. The van der Waals surface area contributed by atoms with E-state index in [1.807, 2.05) is 13.8 Å². The summed E-state index contributed by atoms with van der Waals surface area (Å²) in [6, 6.07) is 8.68. The highest BCUT2D eigenvalue weighted by Gasteiger charge is 2.23. The monoisotopic (exact) mass is 644 g/mol. The van der Waals surface area contributed by atoms with Crippen LogP contribution in [-0.4, -0.2) is 84.2 Å². The summed E-state index contributed by atoms with van der Waals surface area (Å²) in [5.74, 6) is -1.96. The molecule has 2 N–H and O–H groups in total. The van der Waals surface area contributed by atoms with Gasteiger partial charge in [-0.2, -0.15) is 0 Å². The fourth-order valence-electron chi connectivity index (χ4n) is 4.07. The minimum atomic E-state index is -3.69. The van der Waals surface area contributed by atoms with E-state index in [1.54, 1.807) is 18.2 Å². The number of carbonyl (C=O) groups is 2. The summed E-state index contributed by atoms with van der Waals surface area (Å²) in [5.41, 5.74) is 2.07. The number of hydrogen-bond donors (Lipinski definition) is 2. The molecular formula is C31H37FN4O8S. The van der Waals surface area contributed by atoms with Crippen molar-refractivity contribution in [1.82, 2.24) is 15.0 Å². The van der Waals surface area contributed by atoms with Crippen LogP contribution in [0, 0.1) is 5.82 Å². The van der Waals surface area contributed by atoms with Gasteiger partial charge in [-0.3, -0.25) is 9.78 Å². The van der Waals surface area contributed by atoms with Gasteiger partial charge in [-0.15, -0.1) is 0 Å². The molecule has 0 bridgehead atoms. The third kappa shape index (κ3) is 10.7. The first kappa shape index (κ1) is 35.2. The van der Waals surface area contributed by atoms with E-state index in [0.29, 0.717) is 28.1 Å². The Morgan fingerprint density at radius 3 is 2.38 bits per heavy atom. The van der Waals surface area contributed by atoms with E-state index in [9.17, 15) is 32.6 Å². The van der Waals surface area contributed by atoms with Crippen LogP contribution in [0.15, 0.2) is 54.9 Å². The SMILES string of the molecule is CC(C)c1nc(N(C)S(C)(=O)=O)nc(-c2ccc(F)cc2)c1/C=C/[C@@H](O)C[C@H](O)CC(=O)OCCCOC(=O)c1cccnc1. The van der Waals surface area contributed by atoms with Crippen LogP contribution < -0.4 is 4.31 Å². The lowest BCUT2D eigenvalue weighted by atomic mass is 9.97. The standard InChI is InChI=1S/C31H37FN4O8S/c1-20(2)28-26(29(21-8-10-23(32)11-9-21)35-31(34-28)36(3)45(4,41)42)13-12-24(37)17-25(38)18-27(39)43-15-6-16-44-30(40)22-7-5-14-33-19-22/h5,7-14,19-20,24-25,37-38H,6,15-18H2,1-4H3/b13-12+/t24-,25+/m1/s1. The summed E-state index contributed by atoms with van der Waals surface area (Å²) in [5, 5.41) is 21.0. The fraction of sp³-hybridized carbons (Fsp3) is 0.387. The van der Waals surface area contributed by atoms with Gasteiger partial charge in [0.2, 0.25) is 16.0 Å². The van der Waals surface area contributed by atoms with Crippen LogP contribution in [0.3, 0.4) is 0 Å². The van der Waals surface area contributed by atoms with Crippen LogP contribution in [0.5, 0.6) is 0 Å². The Hall–Kier alpha value is -4.27. The van der Waals surface area contributed by atoms with Gasteiger partial charge in [0, 0.05) is 43.4 Å². The average molecular weight is 645 g/mol. The summed E-state index contributed by atoms with van der Waals surface area (Å²) < 4.78 is 49.2. The molecule has 14 heteroatoms. The molecular weight excluding hydrogens is 607 g/mol. The van der Waals surface area contributed by atoms with Gasteiger partial charge >= 0.3 is 11.9 Å². The van der Waals surface area contributed by atoms with E-state index in [2.05, 4.69) is 15.0 Å². The largest absolute Gasteiger partial charge is 0.465 e. The number of sulfonamides is 1. The van der Waals surface area contributed by atoms with E-state index in [0.717, 1.165) is 10.6 Å². The van der Waals surface area contributed by atoms with Crippen LogP contribution in [0.1, 0.15) is 60.6 Å². The van der Waals surface area contributed by atoms with Crippen LogP contribution in [-0.2, 0) is 24.3 Å². The van der Waals surface area contributed by atoms with Gasteiger partial charge in [-0.1, -0.05) is 26.0 Å². The molecule has 3 rings (SSSR count). The van der Waals surface area contributed by atoms with Crippen LogP contribution in [0.4, 0.5) is 10.3 Å². The Bertz CT molecular complexity index is 1590. The van der Waals surface area contributed by atoms with E-state index in [1.165, 1.54) is 49.8 Å². The first-order valence-corrected chi connectivity index (χ1v) is 16.0. The number of carbonyl (C=O) groups excluding carboxylic acids is 2. The van der Waals surface area contributed by atoms with Crippen molar-refractivity contribution in [3.8, 4) is 11.3 Å². The maximum atomic E-state index is 13.7. The summed E-state index contributed by atoms with van der Waals surface area (Å²) in [7, 11) is -2.36. The van der Waals surface area contributed by atoms with Crippen LogP contribution in [0.2, 0.25) is 0 Å². The number of benzene rings is 1. The second-order valence-electron chi connectivity index (χ2n) is 10.5. The molecule has 0 fully saturated rings. The summed E-state index contributed by atoms with van der Waals surface area (Å²) in [6.45, 7) is 3.72. The summed E-state index contributed by atoms with van der Waals surface area (Å²) in [4.78, 5) is 36.8. The number of rotatable bonds is 15. The quantitative estimate of drug-likeness (QED) is 0.183. The second kappa shape index (κ2) is 16.2. The normalized spacial score (nSPS) is 13.1. The molecule has 12 nitrogen and oxygen atoms in total. The van der Waals surface area contributed by atoms with Crippen molar-refractivity contribution in [2.75, 3.05) is 30.8 Å². The van der Waals surface area contributed by atoms with Gasteiger partial charge in [0.1, 0.15) is 5.82 Å². The lowest BCUT2D eigenvalue weighted by Crippen LogP contribution is -2.27. The minimum Gasteiger partial charge on any atom is -0.465 e. The summed E-state index contributed by atoms with van der Waals surface area (Å²) >= 11 is 0. The predicted molar refractivity (Wildman–Crippen MR) is 165 cm³/mol. The Morgan fingerprint density at radius 2 is 1.76 bits per heavy atom. The van der Waals surface area contributed by atoms with E-state index in [-0.39, 0.29) is 44.3 Å². The first-order valence-electron chi connectivity index (χ1n) is 14.1. The van der Waals surface area contributed by atoms with Gasteiger partial charge in [0.15, 0.2) is 0 Å². The highest BCUT2D eigenvalue weighted by Crippen LogP contribution is 2.31. The third-order valence-corrected chi connectivity index (χ3v) is 7.65. The molecule has 242 valence electrons. The van der Waals surface area contributed by atoms with Crippen LogP contribution >= 0.6 is 0 Å². The zero-order valence-corrected chi connectivity index (χ0v) is 26.3. The zero-order valence-electron chi connectivity index (χ0n) is 25.5. The van der Waals surface area contributed by atoms with Crippen LogP contribution in [0.25, 0.3) is 17.3 Å². The number of esters is 2. The molecule has 2 atom stereocenters. The second-order valence-corrected chi connectivity index (χ2v) is 12.5. The van der Waals surface area contributed by atoms with Gasteiger partial charge < -0.3 is 19.7 Å². The fourth-order valence-corrected chi connectivity index (χ4v) is 4.45. The number of pyridine rings is 1. The predicted octanol–water partition coefficient (Wildman–Crippen LogP) is 3.50. The average Bonchev–Trinajstić information content (AvgIpc) is 2.99. The number of ether oxygens (including phenoxy) is 2. The number of hydrogen-bond acceptors (Lipinski definition) is 11. The zero-order chi connectivity index (χ0) is 33.1. The Labute approximate surface area is 261 Å². The number of nitrogens with zero attached hydrogens (tertiary/aromatic N) is 4. The lowest BCUT2D eigenvalue weighted by molar-refractivity contribution is -0.146. The number of aliphatic hydroxyl groups is 2. The molecule has 0 aliphatic rings. The number of anilines is 1. The van der Waals surface area contributed by atoms with E-state index < -0.39 is 40.0 Å². The smallest absolute Gasteiger partial charge is 0.339 e. The molecule has 0 aliphatic heterocycles. The molecule has 1 aromatic carbocycles. The Balaban J connectivity index is 1.64. The highest BCUT2D eigenvalue weighted by molar-refractivity contribution is 7.92. The molecule has 3 aromatic rings. The maximum absolute atomic E-state index is 13.7. The van der Waals surface area contributed by atoms with Gasteiger partial charge in [-0.25, -0.2) is 31.9 Å². The molecule has 0 saturated carbocycles. The van der Waals surface area contributed by atoms with Crippen molar-refractivity contribution in [2.45, 2.75) is 51.2 Å². The maximum Gasteiger partial charge on any atom is 0.339 e. The Kier molecular flexibility index (Phi) is 12.6. The van der Waals surface area contributed by atoms with E-state index in [4.69, 9.17) is 9.47 Å². The number of aliphatic hydroxyl groups excluding tert-OH is 2. The van der Waals surface area contributed by atoms with Crippen molar-refractivity contribution in [1.29, 1.82) is 0 Å². The molecule has 0 saturated heterocycles. The number of aromatic nitrogens is 3. The topological polar surface area (TPSA) is 169 Å². The number of halogens is 1.